The fraction of sp³-hybridized carbons (Fsp3) is 0.300. The van der Waals surface area contributed by atoms with Crippen LogP contribution in [0.3, 0.4) is 0 Å². The summed E-state index contributed by atoms with van der Waals surface area (Å²) in [6.45, 7) is 12.8. The molecule has 0 unspecified atom stereocenters. The second-order valence-corrected chi connectivity index (χ2v) is 1.49. The Balaban J connectivity index is 0. The standard InChI is InChI=1S/C8H11N.C2H6/c1-4-6-8(9-3)7-5-2;1-2/h4-7H,1,3H2,2H3;1-2H3/b7-5+,8-6-;. The first-order valence-electron chi connectivity index (χ1n) is 3.77. The van der Waals surface area contributed by atoms with Gasteiger partial charge in [-0.1, -0.05) is 32.6 Å². The van der Waals surface area contributed by atoms with Gasteiger partial charge < -0.3 is 0 Å². The number of rotatable bonds is 3. The van der Waals surface area contributed by atoms with Crippen LogP contribution in [0.1, 0.15) is 20.8 Å². The Hall–Kier alpha value is -1.11. The fourth-order valence-corrected chi connectivity index (χ4v) is 0.452. The summed E-state index contributed by atoms with van der Waals surface area (Å²) < 4.78 is 0. The van der Waals surface area contributed by atoms with Crippen molar-refractivity contribution in [3.05, 3.63) is 36.6 Å². The lowest BCUT2D eigenvalue weighted by molar-refractivity contribution is 1.43. The zero-order chi connectivity index (χ0) is 9.11. The van der Waals surface area contributed by atoms with Crippen molar-refractivity contribution in [2.45, 2.75) is 20.8 Å². The van der Waals surface area contributed by atoms with Gasteiger partial charge in [-0.15, -0.1) is 0 Å². The van der Waals surface area contributed by atoms with Gasteiger partial charge in [0.1, 0.15) is 0 Å². The molecule has 0 aromatic carbocycles. The lowest BCUT2D eigenvalue weighted by Crippen LogP contribution is -1.66. The second kappa shape index (κ2) is 11.7. The molecule has 0 spiro atoms. The van der Waals surface area contributed by atoms with Gasteiger partial charge in [0.2, 0.25) is 0 Å². The van der Waals surface area contributed by atoms with Crippen molar-refractivity contribution in [3.8, 4) is 0 Å². The Morgan fingerprint density at radius 3 is 2.18 bits per heavy atom. The predicted octanol–water partition coefficient (Wildman–Crippen LogP) is 3.36. The summed E-state index contributed by atoms with van der Waals surface area (Å²) in [6.07, 6.45) is 7.26. The molecule has 0 aliphatic heterocycles. The van der Waals surface area contributed by atoms with E-state index in [9.17, 15) is 0 Å². The van der Waals surface area contributed by atoms with Gasteiger partial charge in [-0.25, -0.2) is 0 Å². The quantitative estimate of drug-likeness (QED) is 0.433. The van der Waals surface area contributed by atoms with Crippen LogP contribution in [0.25, 0.3) is 0 Å². The maximum atomic E-state index is 3.72. The molecule has 0 heterocycles. The first-order valence-corrected chi connectivity index (χ1v) is 3.77. The predicted molar refractivity (Wildman–Crippen MR) is 54.0 cm³/mol. The van der Waals surface area contributed by atoms with E-state index < -0.39 is 0 Å². The van der Waals surface area contributed by atoms with Crippen LogP contribution in [-0.2, 0) is 0 Å². The number of hydrogen-bond donors (Lipinski definition) is 0. The van der Waals surface area contributed by atoms with Crippen molar-refractivity contribution in [2.75, 3.05) is 0 Å². The summed E-state index contributed by atoms with van der Waals surface area (Å²) in [5, 5.41) is 0. The minimum Gasteiger partial charge on any atom is -0.265 e. The molecule has 0 aromatic rings. The Morgan fingerprint density at radius 1 is 1.36 bits per heavy atom. The van der Waals surface area contributed by atoms with Crippen molar-refractivity contribution in [3.63, 3.8) is 0 Å². The van der Waals surface area contributed by atoms with Gasteiger partial charge in [0.15, 0.2) is 0 Å². The van der Waals surface area contributed by atoms with E-state index in [1.54, 1.807) is 12.2 Å². The average molecular weight is 151 g/mol. The number of nitrogens with zero attached hydrogens (tertiary/aromatic N) is 1. The molecular formula is C10H17N. The minimum atomic E-state index is 0.840. The molecule has 0 amide bonds. The molecule has 0 N–H and O–H groups in total. The number of aliphatic imine (C=N–C) groups is 1. The average Bonchev–Trinajstić information content (AvgIpc) is 2.08. The van der Waals surface area contributed by atoms with E-state index in [0.717, 1.165) is 5.70 Å². The molecule has 11 heavy (non-hydrogen) atoms. The highest BCUT2D eigenvalue weighted by Crippen LogP contribution is 1.96. The first-order chi connectivity index (χ1) is 5.35. The van der Waals surface area contributed by atoms with Gasteiger partial charge in [-0.05, 0) is 25.8 Å². The Morgan fingerprint density at radius 2 is 1.91 bits per heavy atom. The number of hydrogen-bond acceptors (Lipinski definition) is 1. The second-order valence-electron chi connectivity index (χ2n) is 1.49. The van der Waals surface area contributed by atoms with Crippen LogP contribution in [0, 0.1) is 0 Å². The minimum absolute atomic E-state index is 0.840. The monoisotopic (exact) mass is 151 g/mol. The largest absolute Gasteiger partial charge is 0.265 e. The van der Waals surface area contributed by atoms with E-state index in [0.29, 0.717) is 0 Å². The van der Waals surface area contributed by atoms with E-state index >= 15 is 0 Å². The lowest BCUT2D eigenvalue weighted by Gasteiger charge is -1.85. The maximum Gasteiger partial charge on any atom is 0.0618 e. The van der Waals surface area contributed by atoms with Crippen molar-refractivity contribution in [1.29, 1.82) is 0 Å². The topological polar surface area (TPSA) is 12.4 Å². The van der Waals surface area contributed by atoms with E-state index in [-0.39, 0.29) is 0 Å². The highest BCUT2D eigenvalue weighted by Gasteiger charge is 1.77. The van der Waals surface area contributed by atoms with Crippen LogP contribution in [0.15, 0.2) is 41.6 Å². The SMILES string of the molecule is C=C/C=C(/C=C/C)N=C.CC. The zero-order valence-electron chi connectivity index (χ0n) is 7.67. The number of allylic oxidation sites excluding steroid dienone is 4. The first kappa shape index (κ1) is 12.6. The maximum absolute atomic E-state index is 3.72. The summed E-state index contributed by atoms with van der Waals surface area (Å²) in [6, 6.07) is 0. The van der Waals surface area contributed by atoms with Crippen LogP contribution < -0.4 is 0 Å². The highest BCUT2D eigenvalue weighted by molar-refractivity contribution is 5.34. The van der Waals surface area contributed by atoms with Crippen molar-refractivity contribution >= 4 is 6.72 Å². The fourth-order valence-electron chi connectivity index (χ4n) is 0.452. The van der Waals surface area contributed by atoms with E-state index in [1.165, 1.54) is 0 Å². The molecule has 0 fully saturated rings. The third kappa shape index (κ3) is 8.89. The molecule has 0 saturated carbocycles. The van der Waals surface area contributed by atoms with Crippen LogP contribution in [0.4, 0.5) is 0 Å². The van der Waals surface area contributed by atoms with Crippen LogP contribution in [0.2, 0.25) is 0 Å². The molecule has 0 aromatic heterocycles. The van der Waals surface area contributed by atoms with E-state index in [4.69, 9.17) is 0 Å². The molecule has 0 atom stereocenters. The lowest BCUT2D eigenvalue weighted by atomic mass is 10.3. The normalized spacial score (nSPS) is 10.3. The molecule has 1 nitrogen and oxygen atoms in total. The third-order valence-electron chi connectivity index (χ3n) is 0.809. The summed E-state index contributed by atoms with van der Waals surface area (Å²) in [5.41, 5.74) is 0.840. The van der Waals surface area contributed by atoms with Gasteiger partial charge in [-0.3, -0.25) is 4.99 Å². The molecule has 0 radical (unpaired) electrons. The Labute approximate surface area is 69.9 Å². The Kier molecular flexibility index (Phi) is 13.3. The van der Waals surface area contributed by atoms with Gasteiger partial charge in [-0.2, -0.15) is 0 Å². The van der Waals surface area contributed by atoms with Gasteiger partial charge >= 0.3 is 0 Å². The molecule has 0 aliphatic rings. The molecule has 0 saturated heterocycles. The molecular weight excluding hydrogens is 134 g/mol. The third-order valence-corrected chi connectivity index (χ3v) is 0.809. The molecule has 1 heteroatoms. The van der Waals surface area contributed by atoms with Crippen LogP contribution in [-0.4, -0.2) is 6.72 Å². The molecule has 0 rings (SSSR count). The van der Waals surface area contributed by atoms with Gasteiger partial charge in [0.25, 0.3) is 0 Å². The van der Waals surface area contributed by atoms with Crippen molar-refractivity contribution in [2.24, 2.45) is 4.99 Å². The summed E-state index contributed by atoms with van der Waals surface area (Å²) in [4.78, 5) is 3.72. The van der Waals surface area contributed by atoms with E-state index in [1.807, 2.05) is 32.9 Å². The zero-order valence-corrected chi connectivity index (χ0v) is 7.67. The summed E-state index contributed by atoms with van der Waals surface area (Å²) >= 11 is 0. The van der Waals surface area contributed by atoms with Gasteiger partial charge in [0.05, 0.1) is 5.70 Å². The summed E-state index contributed by atoms with van der Waals surface area (Å²) in [5.74, 6) is 0. The molecule has 62 valence electrons. The smallest absolute Gasteiger partial charge is 0.0618 e. The van der Waals surface area contributed by atoms with Crippen LogP contribution in [0.5, 0.6) is 0 Å². The summed E-state index contributed by atoms with van der Waals surface area (Å²) in [7, 11) is 0. The Bertz CT molecular complexity index is 152. The van der Waals surface area contributed by atoms with Gasteiger partial charge in [0, 0.05) is 0 Å². The van der Waals surface area contributed by atoms with E-state index in [2.05, 4.69) is 18.3 Å². The van der Waals surface area contributed by atoms with Crippen molar-refractivity contribution < 1.29 is 0 Å². The molecule has 0 aliphatic carbocycles. The molecule has 0 bridgehead atoms. The van der Waals surface area contributed by atoms with Crippen molar-refractivity contribution in [1.82, 2.24) is 0 Å². The highest BCUT2D eigenvalue weighted by atomic mass is 14.7. The van der Waals surface area contributed by atoms with Crippen LogP contribution >= 0.6 is 0 Å².